The first kappa shape index (κ1) is 15.4. The van der Waals surface area contributed by atoms with E-state index >= 15 is 0 Å². The first-order chi connectivity index (χ1) is 11.7. The Kier molecular flexibility index (Phi) is 3.86. The molecule has 0 radical (unpaired) electrons. The minimum atomic E-state index is -0.754. The SMILES string of the molecule is O=C(O)[C@@]12COCC[C@@H]1CN(Cc1ccnn1-c1ccccc1)C2. The summed E-state index contributed by atoms with van der Waals surface area (Å²) in [6.45, 7) is 3.01. The number of rotatable bonds is 4. The van der Waals surface area contributed by atoms with Crippen LogP contribution in [0.1, 0.15) is 12.1 Å². The van der Waals surface area contributed by atoms with E-state index in [1.807, 2.05) is 41.1 Å². The third-order valence-corrected chi connectivity index (χ3v) is 5.27. The highest BCUT2D eigenvalue weighted by molar-refractivity contribution is 5.76. The van der Waals surface area contributed by atoms with Crippen molar-refractivity contribution in [1.82, 2.24) is 14.7 Å². The molecule has 126 valence electrons. The van der Waals surface area contributed by atoms with Crippen molar-refractivity contribution in [2.45, 2.75) is 13.0 Å². The van der Waals surface area contributed by atoms with Crippen LogP contribution in [0.3, 0.4) is 0 Å². The van der Waals surface area contributed by atoms with E-state index in [4.69, 9.17) is 4.74 Å². The molecule has 6 nitrogen and oxygen atoms in total. The van der Waals surface area contributed by atoms with Gasteiger partial charge in [0.2, 0.25) is 0 Å². The van der Waals surface area contributed by atoms with Gasteiger partial charge in [0.05, 0.1) is 18.0 Å². The summed E-state index contributed by atoms with van der Waals surface area (Å²) in [5.74, 6) is -0.567. The zero-order valence-corrected chi connectivity index (χ0v) is 13.5. The molecule has 0 saturated carbocycles. The zero-order valence-electron chi connectivity index (χ0n) is 13.5. The maximum Gasteiger partial charge on any atom is 0.313 e. The summed E-state index contributed by atoms with van der Waals surface area (Å²) in [6, 6.07) is 12.0. The molecule has 2 atom stereocenters. The van der Waals surface area contributed by atoms with E-state index < -0.39 is 11.4 Å². The molecule has 2 aliphatic rings. The van der Waals surface area contributed by atoms with Crippen LogP contribution in [0.2, 0.25) is 0 Å². The number of aliphatic carboxylic acids is 1. The van der Waals surface area contributed by atoms with Crippen LogP contribution in [0.25, 0.3) is 5.69 Å². The van der Waals surface area contributed by atoms with E-state index in [0.717, 1.165) is 24.3 Å². The second-order valence-corrected chi connectivity index (χ2v) is 6.74. The van der Waals surface area contributed by atoms with Gasteiger partial charge in [0.25, 0.3) is 0 Å². The highest BCUT2D eigenvalue weighted by Crippen LogP contribution is 2.42. The quantitative estimate of drug-likeness (QED) is 0.927. The fourth-order valence-electron chi connectivity index (χ4n) is 4.00. The number of carboxylic acid groups (broad SMARTS) is 1. The van der Waals surface area contributed by atoms with Crippen LogP contribution in [-0.2, 0) is 16.1 Å². The maximum atomic E-state index is 11.9. The van der Waals surface area contributed by atoms with Gasteiger partial charge in [-0.25, -0.2) is 4.68 Å². The van der Waals surface area contributed by atoms with Crippen LogP contribution < -0.4 is 0 Å². The molecule has 2 fully saturated rings. The van der Waals surface area contributed by atoms with Gasteiger partial charge in [0.1, 0.15) is 5.41 Å². The van der Waals surface area contributed by atoms with Crippen LogP contribution in [0.5, 0.6) is 0 Å². The highest BCUT2D eigenvalue weighted by Gasteiger charge is 2.54. The standard InChI is InChI=1S/C18H21N3O3/c22-17(23)18-12-20(10-14(18)7-9-24-13-18)11-16-6-8-19-21(16)15-4-2-1-3-5-15/h1-6,8,14H,7,9-13H2,(H,22,23)/t14-,18+/m1/s1. The zero-order chi connectivity index (χ0) is 16.6. The summed E-state index contributed by atoms with van der Waals surface area (Å²) < 4.78 is 7.42. The molecule has 2 aliphatic heterocycles. The number of hydrogen-bond donors (Lipinski definition) is 1. The van der Waals surface area contributed by atoms with Crippen LogP contribution in [-0.4, -0.2) is 52.1 Å². The predicted octanol–water partition coefficient (Wildman–Crippen LogP) is 1.80. The molecule has 2 aromatic rings. The summed E-state index contributed by atoms with van der Waals surface area (Å²) in [7, 11) is 0. The van der Waals surface area contributed by atoms with Crippen LogP contribution in [0, 0.1) is 11.3 Å². The number of hydrogen-bond acceptors (Lipinski definition) is 4. The number of carbonyl (C=O) groups is 1. The van der Waals surface area contributed by atoms with Crippen molar-refractivity contribution in [3.63, 3.8) is 0 Å². The van der Waals surface area contributed by atoms with Crippen molar-refractivity contribution in [3.05, 3.63) is 48.3 Å². The number of likely N-dealkylation sites (tertiary alicyclic amines) is 1. The maximum absolute atomic E-state index is 11.9. The Morgan fingerprint density at radius 1 is 1.33 bits per heavy atom. The van der Waals surface area contributed by atoms with Crippen molar-refractivity contribution in [2.75, 3.05) is 26.3 Å². The van der Waals surface area contributed by atoms with Crippen molar-refractivity contribution < 1.29 is 14.6 Å². The lowest BCUT2D eigenvalue weighted by Gasteiger charge is -2.34. The van der Waals surface area contributed by atoms with E-state index in [1.54, 1.807) is 6.20 Å². The molecule has 0 unspecified atom stereocenters. The number of carboxylic acids is 1. The Hall–Kier alpha value is -2.18. The second-order valence-electron chi connectivity index (χ2n) is 6.74. The number of aromatic nitrogens is 2. The minimum Gasteiger partial charge on any atom is -0.481 e. The summed E-state index contributed by atoms with van der Waals surface area (Å²) in [4.78, 5) is 14.1. The lowest BCUT2D eigenvalue weighted by molar-refractivity contribution is -0.159. The molecule has 24 heavy (non-hydrogen) atoms. The molecule has 0 amide bonds. The van der Waals surface area contributed by atoms with Crippen molar-refractivity contribution >= 4 is 5.97 Å². The van der Waals surface area contributed by atoms with Crippen molar-refractivity contribution in [3.8, 4) is 5.69 Å². The van der Waals surface area contributed by atoms with Gasteiger partial charge in [-0.2, -0.15) is 5.10 Å². The van der Waals surface area contributed by atoms with Crippen molar-refractivity contribution in [2.24, 2.45) is 11.3 Å². The monoisotopic (exact) mass is 327 g/mol. The fraction of sp³-hybridized carbons (Fsp3) is 0.444. The lowest BCUT2D eigenvalue weighted by Crippen LogP contribution is -2.46. The summed E-state index contributed by atoms with van der Waals surface area (Å²) >= 11 is 0. The molecule has 0 spiro atoms. The van der Waals surface area contributed by atoms with Gasteiger partial charge < -0.3 is 9.84 Å². The Bertz CT molecular complexity index is 730. The topological polar surface area (TPSA) is 67.6 Å². The largest absolute Gasteiger partial charge is 0.481 e. The fourth-order valence-corrected chi connectivity index (χ4v) is 4.00. The first-order valence-corrected chi connectivity index (χ1v) is 8.31. The van der Waals surface area contributed by atoms with Gasteiger partial charge in [-0.05, 0) is 30.5 Å². The second kappa shape index (κ2) is 6.03. The van der Waals surface area contributed by atoms with E-state index in [9.17, 15) is 9.90 Å². The van der Waals surface area contributed by atoms with Gasteiger partial charge in [0.15, 0.2) is 0 Å². The normalized spacial score (nSPS) is 27.1. The molecular formula is C18H21N3O3. The smallest absolute Gasteiger partial charge is 0.313 e. The predicted molar refractivity (Wildman–Crippen MR) is 87.8 cm³/mol. The Morgan fingerprint density at radius 2 is 2.17 bits per heavy atom. The highest BCUT2D eigenvalue weighted by atomic mass is 16.5. The third-order valence-electron chi connectivity index (χ3n) is 5.27. The van der Waals surface area contributed by atoms with Gasteiger partial charge in [0, 0.05) is 32.4 Å². The molecule has 1 aromatic carbocycles. The molecule has 1 aromatic heterocycles. The number of para-hydroxylation sites is 1. The van der Waals surface area contributed by atoms with Crippen LogP contribution in [0.15, 0.2) is 42.6 Å². The van der Waals surface area contributed by atoms with Crippen LogP contribution in [0.4, 0.5) is 0 Å². The molecule has 0 aliphatic carbocycles. The van der Waals surface area contributed by atoms with Crippen LogP contribution >= 0.6 is 0 Å². The average Bonchev–Trinajstić information content (AvgIpc) is 3.20. The first-order valence-electron chi connectivity index (χ1n) is 8.31. The Labute approximate surface area is 140 Å². The van der Waals surface area contributed by atoms with Gasteiger partial charge in [-0.15, -0.1) is 0 Å². The van der Waals surface area contributed by atoms with E-state index in [0.29, 0.717) is 26.3 Å². The molecule has 4 rings (SSSR count). The molecule has 3 heterocycles. The Balaban J connectivity index is 1.55. The summed E-state index contributed by atoms with van der Waals surface area (Å²) in [6.07, 6.45) is 2.61. The molecular weight excluding hydrogens is 306 g/mol. The van der Waals surface area contributed by atoms with Gasteiger partial charge in [-0.3, -0.25) is 9.69 Å². The summed E-state index contributed by atoms with van der Waals surface area (Å²) in [5.41, 5.74) is 1.34. The molecule has 0 bridgehead atoms. The number of ether oxygens (including phenoxy) is 1. The third kappa shape index (κ3) is 2.52. The Morgan fingerprint density at radius 3 is 2.92 bits per heavy atom. The molecule has 1 N–H and O–H groups in total. The summed E-state index contributed by atoms with van der Waals surface area (Å²) in [5, 5.41) is 14.2. The number of benzene rings is 1. The van der Waals surface area contributed by atoms with E-state index in [-0.39, 0.29) is 5.92 Å². The average molecular weight is 327 g/mol. The van der Waals surface area contributed by atoms with Crippen molar-refractivity contribution in [1.29, 1.82) is 0 Å². The molecule has 2 saturated heterocycles. The minimum absolute atomic E-state index is 0.164. The lowest BCUT2D eigenvalue weighted by atomic mass is 9.76. The van der Waals surface area contributed by atoms with E-state index in [2.05, 4.69) is 10.00 Å². The van der Waals surface area contributed by atoms with Gasteiger partial charge in [-0.1, -0.05) is 18.2 Å². The van der Waals surface area contributed by atoms with Gasteiger partial charge >= 0.3 is 5.97 Å². The number of fused-ring (bicyclic) bond motifs is 1. The van der Waals surface area contributed by atoms with E-state index in [1.165, 1.54) is 0 Å². The number of nitrogens with zero attached hydrogens (tertiary/aromatic N) is 3. The molecule has 6 heteroatoms.